The van der Waals surface area contributed by atoms with Crippen LogP contribution in [0.3, 0.4) is 0 Å². The lowest BCUT2D eigenvalue weighted by atomic mass is 10.3. The topological polar surface area (TPSA) is 156 Å². The Morgan fingerprint density at radius 3 is 2.13 bits per heavy atom. The van der Waals surface area contributed by atoms with E-state index in [0.29, 0.717) is 0 Å². The summed E-state index contributed by atoms with van der Waals surface area (Å²) >= 11 is 0. The molecular formula is C12H18N4O7. The van der Waals surface area contributed by atoms with Crippen LogP contribution in [-0.2, 0) is 9.59 Å². The summed E-state index contributed by atoms with van der Waals surface area (Å²) in [5.74, 6) is -2.15. The van der Waals surface area contributed by atoms with E-state index in [-0.39, 0.29) is 39.1 Å². The zero-order valence-corrected chi connectivity index (χ0v) is 12.3. The molecule has 0 spiro atoms. The molecule has 11 heteroatoms. The summed E-state index contributed by atoms with van der Waals surface area (Å²) in [6.07, 6.45) is 0.400. The quantitative estimate of drug-likeness (QED) is 0.375. The maximum atomic E-state index is 12.1. The van der Waals surface area contributed by atoms with Gasteiger partial charge in [0, 0.05) is 42.3 Å². The number of carbonyl (C=O) groups is 2. The third kappa shape index (κ3) is 4.12. The molecular weight excluding hydrogens is 312 g/mol. The van der Waals surface area contributed by atoms with E-state index in [1.54, 1.807) is 0 Å². The number of carbonyl (C=O) groups excluding carboxylic acids is 2. The van der Waals surface area contributed by atoms with Gasteiger partial charge in [0.15, 0.2) is 0 Å². The maximum Gasteiger partial charge on any atom is 0.233 e. The van der Waals surface area contributed by atoms with Gasteiger partial charge in [-0.15, -0.1) is 0 Å². The molecule has 2 rings (SSSR count). The Morgan fingerprint density at radius 1 is 1.09 bits per heavy atom. The Morgan fingerprint density at radius 2 is 1.65 bits per heavy atom. The second-order valence-electron chi connectivity index (χ2n) is 5.73. The average Bonchev–Trinajstić information content (AvgIpc) is 3.37. The summed E-state index contributed by atoms with van der Waals surface area (Å²) < 4.78 is 0. The molecule has 2 fully saturated rings. The third-order valence-corrected chi connectivity index (χ3v) is 4.07. The molecule has 128 valence electrons. The van der Waals surface area contributed by atoms with E-state index in [4.69, 9.17) is 5.11 Å². The van der Waals surface area contributed by atoms with E-state index in [0.717, 1.165) is 0 Å². The van der Waals surface area contributed by atoms with E-state index in [2.05, 4.69) is 5.32 Å². The number of nitrogens with one attached hydrogen (secondary N) is 1. The first kappa shape index (κ1) is 17.1. The molecule has 0 radical (unpaired) electrons. The molecule has 0 unspecified atom stereocenters. The number of aliphatic hydroxyl groups excluding tert-OH is 1. The summed E-state index contributed by atoms with van der Waals surface area (Å²) in [6.45, 7) is -0.0819. The zero-order valence-electron chi connectivity index (χ0n) is 12.3. The highest BCUT2D eigenvalue weighted by Gasteiger charge is 2.55. The third-order valence-electron chi connectivity index (χ3n) is 4.07. The number of aliphatic hydroxyl groups is 1. The first-order chi connectivity index (χ1) is 10.9. The molecule has 2 amide bonds. The first-order valence-corrected chi connectivity index (χ1v) is 7.31. The molecule has 23 heavy (non-hydrogen) atoms. The van der Waals surface area contributed by atoms with Crippen molar-refractivity contribution in [3.05, 3.63) is 20.2 Å². The largest absolute Gasteiger partial charge is 0.395 e. The summed E-state index contributed by atoms with van der Waals surface area (Å²) in [4.78, 5) is 45.1. The van der Waals surface area contributed by atoms with Crippen LogP contribution in [0.25, 0.3) is 0 Å². The van der Waals surface area contributed by atoms with Crippen molar-refractivity contribution in [3.63, 3.8) is 0 Å². The number of hydrogen-bond donors (Lipinski definition) is 2. The van der Waals surface area contributed by atoms with E-state index in [9.17, 15) is 29.8 Å². The van der Waals surface area contributed by atoms with Crippen molar-refractivity contribution in [2.24, 2.45) is 11.8 Å². The normalized spacial score (nSPS) is 27.9. The van der Waals surface area contributed by atoms with Crippen LogP contribution in [0.4, 0.5) is 0 Å². The number of nitro groups is 2. The van der Waals surface area contributed by atoms with Crippen molar-refractivity contribution in [3.8, 4) is 0 Å². The van der Waals surface area contributed by atoms with E-state index >= 15 is 0 Å². The molecule has 0 aromatic heterocycles. The zero-order chi connectivity index (χ0) is 17.1. The van der Waals surface area contributed by atoms with Crippen LogP contribution in [0.15, 0.2) is 0 Å². The highest BCUT2D eigenvalue weighted by Crippen LogP contribution is 2.35. The molecule has 11 nitrogen and oxygen atoms in total. The Bertz CT molecular complexity index is 526. The van der Waals surface area contributed by atoms with Crippen LogP contribution >= 0.6 is 0 Å². The van der Waals surface area contributed by atoms with Gasteiger partial charge in [-0.2, -0.15) is 0 Å². The monoisotopic (exact) mass is 330 g/mol. The highest BCUT2D eigenvalue weighted by atomic mass is 16.6. The first-order valence-electron chi connectivity index (χ1n) is 7.31. The van der Waals surface area contributed by atoms with Gasteiger partial charge in [-0.05, 0) is 0 Å². The van der Waals surface area contributed by atoms with Crippen molar-refractivity contribution in [2.75, 3.05) is 26.2 Å². The number of hydrogen-bond acceptors (Lipinski definition) is 7. The van der Waals surface area contributed by atoms with Gasteiger partial charge >= 0.3 is 0 Å². The lowest BCUT2D eigenvalue weighted by molar-refractivity contribution is -0.497. The van der Waals surface area contributed by atoms with E-state index in [1.165, 1.54) is 4.90 Å². The lowest BCUT2D eigenvalue weighted by Gasteiger charge is -2.21. The van der Waals surface area contributed by atoms with Crippen LogP contribution in [0.5, 0.6) is 0 Å². The van der Waals surface area contributed by atoms with Crippen LogP contribution in [0.2, 0.25) is 0 Å². The van der Waals surface area contributed by atoms with Crippen molar-refractivity contribution >= 4 is 11.8 Å². The second-order valence-corrected chi connectivity index (χ2v) is 5.73. The smallest absolute Gasteiger partial charge is 0.233 e. The summed E-state index contributed by atoms with van der Waals surface area (Å²) in [7, 11) is 0. The summed E-state index contributed by atoms with van der Waals surface area (Å²) in [5, 5.41) is 32.6. The molecule has 0 saturated heterocycles. The highest BCUT2D eigenvalue weighted by molar-refractivity contribution is 5.83. The number of nitrogens with zero attached hydrogens (tertiary/aromatic N) is 3. The Hall–Kier alpha value is -2.30. The molecule has 2 aliphatic rings. The molecule has 2 N–H and O–H groups in total. The average molecular weight is 330 g/mol. The molecule has 2 saturated carbocycles. The van der Waals surface area contributed by atoms with Gasteiger partial charge in [0.05, 0.1) is 6.61 Å². The Kier molecular flexibility index (Phi) is 5.08. The Labute approximate surface area is 130 Å². The minimum Gasteiger partial charge on any atom is -0.395 e. The standard InChI is InChI=1S/C12H18N4O7/c17-4-3-14(12(19)8-6-10(8)16(22)23)2-1-13-11(18)7-5-9(7)15(20)21/h7-10,17H,1-6H2,(H,13,18)/t7-,8-,9-,10+/m1/s1. The SMILES string of the molecule is O=C(NCCN(CCO)C(=O)[C@@H]1C[C@@H]1[N+](=O)[O-])[C@@H]1C[C@H]1[N+](=O)[O-]. The summed E-state index contributed by atoms with van der Waals surface area (Å²) in [5.41, 5.74) is 0. The number of amides is 2. The van der Waals surface area contributed by atoms with Crippen LogP contribution in [0, 0.1) is 32.1 Å². The fourth-order valence-electron chi connectivity index (χ4n) is 2.51. The van der Waals surface area contributed by atoms with Gasteiger partial charge in [-0.1, -0.05) is 0 Å². The predicted molar refractivity (Wildman–Crippen MR) is 74.5 cm³/mol. The van der Waals surface area contributed by atoms with E-state index < -0.39 is 45.6 Å². The van der Waals surface area contributed by atoms with Gasteiger partial charge in [0.2, 0.25) is 23.9 Å². The van der Waals surface area contributed by atoms with Crippen LogP contribution in [-0.4, -0.2) is 70.0 Å². The number of rotatable bonds is 9. The fraction of sp³-hybridized carbons (Fsp3) is 0.833. The molecule has 0 bridgehead atoms. The van der Waals surface area contributed by atoms with Gasteiger partial charge in [-0.3, -0.25) is 29.8 Å². The van der Waals surface area contributed by atoms with Gasteiger partial charge < -0.3 is 15.3 Å². The van der Waals surface area contributed by atoms with Crippen LogP contribution in [0.1, 0.15) is 12.8 Å². The van der Waals surface area contributed by atoms with E-state index in [1.807, 2.05) is 0 Å². The second kappa shape index (κ2) is 6.86. The minimum atomic E-state index is -0.870. The molecule has 4 atom stereocenters. The Balaban J connectivity index is 1.75. The van der Waals surface area contributed by atoms with Gasteiger partial charge in [-0.25, -0.2) is 0 Å². The minimum absolute atomic E-state index is 0.0244. The lowest BCUT2D eigenvalue weighted by Crippen LogP contribution is -2.42. The van der Waals surface area contributed by atoms with Gasteiger partial charge in [0.25, 0.3) is 0 Å². The maximum absolute atomic E-state index is 12.1. The molecule has 0 aromatic carbocycles. The van der Waals surface area contributed by atoms with Crippen molar-refractivity contribution in [1.29, 1.82) is 0 Å². The van der Waals surface area contributed by atoms with Crippen molar-refractivity contribution < 1.29 is 24.5 Å². The molecule has 0 aliphatic heterocycles. The van der Waals surface area contributed by atoms with Crippen molar-refractivity contribution in [1.82, 2.24) is 10.2 Å². The van der Waals surface area contributed by atoms with Gasteiger partial charge in [0.1, 0.15) is 11.8 Å². The fourth-order valence-corrected chi connectivity index (χ4v) is 2.51. The molecule has 0 heterocycles. The van der Waals surface area contributed by atoms with Crippen LogP contribution < -0.4 is 5.32 Å². The molecule has 0 aromatic rings. The predicted octanol–water partition coefficient (Wildman–Crippen LogP) is -1.75. The summed E-state index contributed by atoms with van der Waals surface area (Å²) in [6, 6.07) is -1.71. The van der Waals surface area contributed by atoms with Crippen molar-refractivity contribution in [2.45, 2.75) is 24.9 Å². The molecule has 2 aliphatic carbocycles.